The fourth-order valence-electron chi connectivity index (χ4n) is 1.09. The smallest absolute Gasteiger partial charge is 0.434 e. The summed E-state index contributed by atoms with van der Waals surface area (Å²) in [5.74, 6) is 0. The lowest BCUT2D eigenvalue weighted by molar-refractivity contribution is 0.0572. The van der Waals surface area contributed by atoms with E-state index in [1.165, 1.54) is 0 Å². The number of hydrogen-bond acceptors (Lipinski definition) is 3. The summed E-state index contributed by atoms with van der Waals surface area (Å²) in [5.41, 5.74) is 1.14. The van der Waals surface area contributed by atoms with Crippen molar-refractivity contribution in [1.82, 2.24) is 0 Å². The molecule has 0 aromatic heterocycles. The zero-order valence-electron chi connectivity index (χ0n) is 8.65. The van der Waals surface area contributed by atoms with Gasteiger partial charge in [0, 0.05) is 6.42 Å². The number of hydrogen-bond donors (Lipinski definition) is 0. The molecule has 1 rings (SSSR count). The Morgan fingerprint density at radius 3 is 2.47 bits per heavy atom. The molecule has 0 aliphatic heterocycles. The number of ether oxygens (including phenoxy) is 2. The number of carbonyl (C=O) groups excluding carboxylic acids is 1. The second-order valence-electron chi connectivity index (χ2n) is 3.04. The molecule has 0 unspecified atom stereocenters. The molecule has 0 saturated heterocycles. The van der Waals surface area contributed by atoms with Crippen LogP contribution in [0.1, 0.15) is 12.0 Å². The van der Waals surface area contributed by atoms with Crippen LogP contribution in [0.3, 0.4) is 0 Å². The molecule has 0 spiro atoms. The molecule has 0 heterocycles. The van der Waals surface area contributed by atoms with Gasteiger partial charge in [-0.3, -0.25) is 0 Å². The Morgan fingerprint density at radius 1 is 1.13 bits per heavy atom. The first-order valence-electron chi connectivity index (χ1n) is 4.95. The third-order valence-corrected chi connectivity index (χ3v) is 1.82. The van der Waals surface area contributed by atoms with Crippen LogP contribution in [0.15, 0.2) is 30.3 Å². The Morgan fingerprint density at radius 2 is 1.80 bits per heavy atom. The highest BCUT2D eigenvalue weighted by atomic mass is 16.7. The van der Waals surface area contributed by atoms with Gasteiger partial charge in [-0.25, -0.2) is 4.79 Å². The van der Waals surface area contributed by atoms with E-state index in [-0.39, 0.29) is 0 Å². The molecule has 0 fully saturated rings. The maximum Gasteiger partial charge on any atom is 0.508 e. The number of rotatable bonds is 5. The molecule has 81 valence electrons. The Bertz CT molecular complexity index is 282. The molecule has 0 atom stereocenters. The Hall–Kier alpha value is -1.51. The van der Waals surface area contributed by atoms with Gasteiger partial charge in [0.15, 0.2) is 0 Å². The third kappa shape index (κ3) is 5.05. The van der Waals surface area contributed by atoms with Crippen molar-refractivity contribution in [3.63, 3.8) is 0 Å². The first-order chi connectivity index (χ1) is 7.33. The normalized spacial score (nSPS) is 9.67. The van der Waals surface area contributed by atoms with E-state index in [0.29, 0.717) is 26.1 Å². The van der Waals surface area contributed by atoms with Gasteiger partial charge >= 0.3 is 6.16 Å². The van der Waals surface area contributed by atoms with Crippen LogP contribution in [0.25, 0.3) is 0 Å². The van der Waals surface area contributed by atoms with Crippen LogP contribution in [-0.4, -0.2) is 19.4 Å². The van der Waals surface area contributed by atoms with Gasteiger partial charge in [0.1, 0.15) is 0 Å². The van der Waals surface area contributed by atoms with Gasteiger partial charge in [0.05, 0.1) is 13.2 Å². The molecule has 0 aliphatic carbocycles. The second kappa shape index (κ2) is 6.87. The van der Waals surface area contributed by atoms with Crippen LogP contribution in [0, 0.1) is 6.92 Å². The molecular formula is C12H15O3. The Balaban J connectivity index is 2.14. The van der Waals surface area contributed by atoms with E-state index in [0.717, 1.165) is 5.56 Å². The molecule has 3 nitrogen and oxygen atoms in total. The van der Waals surface area contributed by atoms with E-state index in [1.54, 1.807) is 0 Å². The summed E-state index contributed by atoms with van der Waals surface area (Å²) >= 11 is 0. The van der Waals surface area contributed by atoms with Gasteiger partial charge < -0.3 is 9.47 Å². The maximum absolute atomic E-state index is 10.9. The van der Waals surface area contributed by atoms with Crippen molar-refractivity contribution in [1.29, 1.82) is 0 Å². The molecule has 0 N–H and O–H groups in total. The van der Waals surface area contributed by atoms with Crippen molar-refractivity contribution in [3.05, 3.63) is 42.8 Å². The molecule has 0 saturated carbocycles. The first-order valence-corrected chi connectivity index (χ1v) is 4.95. The van der Waals surface area contributed by atoms with Crippen LogP contribution in [-0.2, 0) is 15.9 Å². The van der Waals surface area contributed by atoms with Crippen molar-refractivity contribution in [2.24, 2.45) is 0 Å². The highest BCUT2D eigenvalue weighted by Crippen LogP contribution is 2.00. The summed E-state index contributed by atoms with van der Waals surface area (Å²) < 4.78 is 9.56. The van der Waals surface area contributed by atoms with Crippen LogP contribution in [0.2, 0.25) is 0 Å². The molecule has 3 heteroatoms. The summed E-state index contributed by atoms with van der Waals surface area (Å²) in [7, 11) is 0. The fraction of sp³-hybridized carbons (Fsp3) is 0.333. The predicted octanol–water partition coefficient (Wildman–Crippen LogP) is 2.61. The van der Waals surface area contributed by atoms with Crippen molar-refractivity contribution in [2.45, 2.75) is 12.8 Å². The van der Waals surface area contributed by atoms with E-state index in [9.17, 15) is 4.79 Å². The quantitative estimate of drug-likeness (QED) is 0.696. The van der Waals surface area contributed by atoms with Crippen LogP contribution in [0.5, 0.6) is 0 Å². The topological polar surface area (TPSA) is 35.5 Å². The number of carbonyl (C=O) groups is 1. The van der Waals surface area contributed by atoms with Crippen LogP contribution >= 0.6 is 0 Å². The van der Waals surface area contributed by atoms with Gasteiger partial charge in [-0.05, 0) is 18.9 Å². The monoisotopic (exact) mass is 207 g/mol. The van der Waals surface area contributed by atoms with Gasteiger partial charge in [-0.15, -0.1) is 0 Å². The Kier molecular flexibility index (Phi) is 5.30. The van der Waals surface area contributed by atoms with E-state index in [4.69, 9.17) is 9.47 Å². The lowest BCUT2D eigenvalue weighted by atomic mass is 10.2. The Labute approximate surface area is 90.0 Å². The molecule has 0 bridgehead atoms. The van der Waals surface area contributed by atoms with Gasteiger partial charge in [0.25, 0.3) is 0 Å². The van der Waals surface area contributed by atoms with E-state index >= 15 is 0 Å². The summed E-state index contributed by atoms with van der Waals surface area (Å²) in [6.45, 7) is 4.21. The van der Waals surface area contributed by atoms with E-state index < -0.39 is 6.16 Å². The van der Waals surface area contributed by atoms with Crippen molar-refractivity contribution in [3.8, 4) is 0 Å². The van der Waals surface area contributed by atoms with E-state index in [1.807, 2.05) is 30.3 Å². The third-order valence-electron chi connectivity index (χ3n) is 1.82. The minimum absolute atomic E-state index is 0.310. The van der Waals surface area contributed by atoms with Gasteiger partial charge in [0.2, 0.25) is 0 Å². The lowest BCUT2D eigenvalue weighted by Gasteiger charge is -2.04. The minimum atomic E-state index is -0.616. The largest absolute Gasteiger partial charge is 0.508 e. The van der Waals surface area contributed by atoms with Crippen LogP contribution in [0.4, 0.5) is 4.79 Å². The minimum Gasteiger partial charge on any atom is -0.434 e. The first kappa shape index (κ1) is 11.6. The van der Waals surface area contributed by atoms with Crippen molar-refractivity contribution < 1.29 is 14.3 Å². The summed E-state index contributed by atoms with van der Waals surface area (Å²) in [5, 5.41) is 0. The highest BCUT2D eigenvalue weighted by molar-refractivity contribution is 5.59. The lowest BCUT2D eigenvalue weighted by Crippen LogP contribution is -2.10. The molecule has 15 heavy (non-hydrogen) atoms. The molecule has 0 aliphatic rings. The molecule has 0 amide bonds. The highest BCUT2D eigenvalue weighted by Gasteiger charge is 2.02. The average molecular weight is 207 g/mol. The molecular weight excluding hydrogens is 192 g/mol. The van der Waals surface area contributed by atoms with Gasteiger partial charge in [-0.1, -0.05) is 30.3 Å². The molecule has 1 radical (unpaired) electrons. The maximum atomic E-state index is 10.9. The summed E-state index contributed by atoms with van der Waals surface area (Å²) in [6.07, 6.45) is 0.656. The van der Waals surface area contributed by atoms with E-state index in [2.05, 4.69) is 6.92 Å². The standard InChI is InChI=1S/C12H15O3/c1-2-9-14-12(13)15-10-8-11-6-4-3-5-7-11/h3-7H,1-2,8-10H2. The zero-order valence-corrected chi connectivity index (χ0v) is 8.65. The molecule has 1 aromatic carbocycles. The zero-order chi connectivity index (χ0) is 10.9. The average Bonchev–Trinajstić information content (AvgIpc) is 2.28. The summed E-state index contributed by atoms with van der Waals surface area (Å²) in [6, 6.07) is 9.84. The van der Waals surface area contributed by atoms with Crippen molar-refractivity contribution >= 4 is 6.16 Å². The molecule has 1 aromatic rings. The fourth-order valence-corrected chi connectivity index (χ4v) is 1.09. The van der Waals surface area contributed by atoms with Crippen molar-refractivity contribution in [2.75, 3.05) is 13.2 Å². The number of benzene rings is 1. The summed E-state index contributed by atoms with van der Waals surface area (Å²) in [4.78, 5) is 10.9. The van der Waals surface area contributed by atoms with Crippen LogP contribution < -0.4 is 0 Å². The predicted molar refractivity (Wildman–Crippen MR) is 57.4 cm³/mol. The second-order valence-corrected chi connectivity index (χ2v) is 3.04. The van der Waals surface area contributed by atoms with Gasteiger partial charge in [-0.2, -0.15) is 0 Å². The SMILES string of the molecule is [CH2]CCOC(=O)OCCc1ccccc1.